The van der Waals surface area contributed by atoms with Crippen LogP contribution in [0.5, 0.6) is 0 Å². The number of hydrogen-bond donors (Lipinski definition) is 1. The van der Waals surface area contributed by atoms with Crippen LogP contribution in [0.15, 0.2) is 30.3 Å². The van der Waals surface area contributed by atoms with Crippen LogP contribution in [0, 0.1) is 0 Å². The van der Waals surface area contributed by atoms with E-state index >= 15 is 0 Å². The second kappa shape index (κ2) is 8.15. The van der Waals surface area contributed by atoms with Crippen LogP contribution in [0.2, 0.25) is 0 Å². The number of hydrogen-bond acceptors (Lipinski definition) is 3. The number of amides is 1. The molecule has 1 heterocycles. The van der Waals surface area contributed by atoms with Crippen molar-refractivity contribution in [3.05, 3.63) is 35.9 Å². The molecule has 2 rings (SSSR count). The maximum absolute atomic E-state index is 12.1. The van der Waals surface area contributed by atoms with Crippen LogP contribution < -0.4 is 5.32 Å². The molecular weight excluding hydrogens is 264 g/mol. The molecule has 1 aromatic carbocycles. The minimum absolute atomic E-state index is 0.0877. The largest absolute Gasteiger partial charge is 0.378 e. The van der Waals surface area contributed by atoms with E-state index in [4.69, 9.17) is 4.74 Å². The molecule has 0 spiro atoms. The fraction of sp³-hybridized carbons (Fsp3) is 0.588. The molecule has 0 aromatic heterocycles. The van der Waals surface area contributed by atoms with Gasteiger partial charge >= 0.3 is 0 Å². The molecule has 1 fully saturated rings. The third-order valence-electron chi connectivity index (χ3n) is 3.99. The average Bonchev–Trinajstić information content (AvgIpc) is 2.49. The molecule has 1 aliphatic rings. The van der Waals surface area contributed by atoms with Crippen molar-refractivity contribution < 1.29 is 9.53 Å². The smallest absolute Gasteiger partial charge is 0.222 e. The van der Waals surface area contributed by atoms with Gasteiger partial charge in [0.2, 0.25) is 5.91 Å². The molecule has 1 saturated heterocycles. The second-order valence-corrected chi connectivity index (χ2v) is 5.89. The van der Waals surface area contributed by atoms with Crippen molar-refractivity contribution in [3.63, 3.8) is 0 Å². The highest BCUT2D eigenvalue weighted by atomic mass is 16.5. The molecule has 0 radical (unpaired) electrons. The lowest BCUT2D eigenvalue weighted by molar-refractivity contribution is -0.125. The minimum Gasteiger partial charge on any atom is -0.378 e. The molecule has 2 atom stereocenters. The molecule has 116 valence electrons. The quantitative estimate of drug-likeness (QED) is 0.874. The van der Waals surface area contributed by atoms with Gasteiger partial charge in [-0.3, -0.25) is 4.79 Å². The number of likely N-dealkylation sites (N-methyl/N-ethyl adjacent to an activating group) is 1. The monoisotopic (exact) mass is 290 g/mol. The summed E-state index contributed by atoms with van der Waals surface area (Å²) < 4.78 is 5.62. The average molecular weight is 290 g/mol. The van der Waals surface area contributed by atoms with Crippen molar-refractivity contribution in [3.8, 4) is 0 Å². The van der Waals surface area contributed by atoms with Crippen molar-refractivity contribution in [2.75, 3.05) is 27.2 Å². The number of nitrogens with one attached hydrogen (secondary N) is 1. The van der Waals surface area contributed by atoms with Crippen LogP contribution in [-0.2, 0) is 9.53 Å². The van der Waals surface area contributed by atoms with Gasteiger partial charge in [-0.15, -0.1) is 0 Å². The Morgan fingerprint density at radius 2 is 2.10 bits per heavy atom. The Labute approximate surface area is 127 Å². The first-order valence-corrected chi connectivity index (χ1v) is 7.76. The summed E-state index contributed by atoms with van der Waals surface area (Å²) in [5.41, 5.74) is 1.22. The molecule has 0 bridgehead atoms. The van der Waals surface area contributed by atoms with E-state index in [1.54, 1.807) is 0 Å². The normalized spacial score (nSPS) is 20.2. The number of ether oxygens (including phenoxy) is 1. The Kier molecular flexibility index (Phi) is 6.21. The predicted molar refractivity (Wildman–Crippen MR) is 84.1 cm³/mol. The van der Waals surface area contributed by atoms with E-state index in [1.165, 1.54) is 12.0 Å². The third-order valence-corrected chi connectivity index (χ3v) is 3.99. The van der Waals surface area contributed by atoms with E-state index in [-0.39, 0.29) is 18.1 Å². The maximum atomic E-state index is 12.1. The Morgan fingerprint density at radius 3 is 2.71 bits per heavy atom. The number of carbonyl (C=O) groups is 1. The zero-order valence-corrected chi connectivity index (χ0v) is 13.0. The standard InChI is InChI=1S/C17H26N2O2/c1-19(2)16(14-8-4-3-5-9-14)13-18-17(20)12-15-10-6-7-11-21-15/h3-5,8-9,15-16H,6-7,10-13H2,1-2H3,(H,18,20). The van der Waals surface area contributed by atoms with Crippen molar-refractivity contribution in [2.45, 2.75) is 37.8 Å². The fourth-order valence-electron chi connectivity index (χ4n) is 2.73. The molecule has 4 heteroatoms. The summed E-state index contributed by atoms with van der Waals surface area (Å²) in [4.78, 5) is 14.2. The van der Waals surface area contributed by atoms with Crippen LogP contribution in [0.3, 0.4) is 0 Å². The van der Waals surface area contributed by atoms with E-state index in [0.29, 0.717) is 13.0 Å². The first-order chi connectivity index (χ1) is 10.2. The highest BCUT2D eigenvalue weighted by Gasteiger charge is 2.19. The molecule has 1 aromatic rings. The summed E-state index contributed by atoms with van der Waals surface area (Å²) in [6.07, 6.45) is 3.88. The molecular formula is C17H26N2O2. The molecule has 4 nitrogen and oxygen atoms in total. The van der Waals surface area contributed by atoms with Crippen LogP contribution in [0.25, 0.3) is 0 Å². The first kappa shape index (κ1) is 16.0. The van der Waals surface area contributed by atoms with Crippen LogP contribution in [-0.4, -0.2) is 44.2 Å². The van der Waals surface area contributed by atoms with Gasteiger partial charge in [0, 0.05) is 13.2 Å². The van der Waals surface area contributed by atoms with Gasteiger partial charge < -0.3 is 15.0 Å². The zero-order chi connectivity index (χ0) is 15.1. The third kappa shape index (κ3) is 5.14. The highest BCUT2D eigenvalue weighted by Crippen LogP contribution is 2.18. The molecule has 21 heavy (non-hydrogen) atoms. The van der Waals surface area contributed by atoms with Crippen molar-refractivity contribution in [1.29, 1.82) is 0 Å². The van der Waals surface area contributed by atoms with Crippen molar-refractivity contribution >= 4 is 5.91 Å². The highest BCUT2D eigenvalue weighted by molar-refractivity contribution is 5.76. The van der Waals surface area contributed by atoms with Gasteiger partial charge in [0.05, 0.1) is 18.6 Å². The van der Waals surface area contributed by atoms with Gasteiger partial charge in [-0.25, -0.2) is 0 Å². The summed E-state index contributed by atoms with van der Waals surface area (Å²) in [5.74, 6) is 0.0877. The van der Waals surface area contributed by atoms with Crippen molar-refractivity contribution in [1.82, 2.24) is 10.2 Å². The van der Waals surface area contributed by atoms with E-state index in [1.807, 2.05) is 32.3 Å². The van der Waals surface area contributed by atoms with Gasteiger partial charge in [-0.1, -0.05) is 30.3 Å². The van der Waals surface area contributed by atoms with E-state index in [2.05, 4.69) is 22.3 Å². The zero-order valence-electron chi connectivity index (χ0n) is 13.0. The molecule has 1 amide bonds. The molecule has 0 saturated carbocycles. The van der Waals surface area contributed by atoms with Crippen LogP contribution in [0.4, 0.5) is 0 Å². The number of carbonyl (C=O) groups excluding carboxylic acids is 1. The van der Waals surface area contributed by atoms with Gasteiger partial charge in [0.1, 0.15) is 0 Å². The Balaban J connectivity index is 1.82. The Bertz CT molecular complexity index is 428. The summed E-state index contributed by atoms with van der Waals surface area (Å²) in [7, 11) is 4.07. The summed E-state index contributed by atoms with van der Waals surface area (Å²) in [6, 6.07) is 10.5. The second-order valence-electron chi connectivity index (χ2n) is 5.89. The fourth-order valence-corrected chi connectivity index (χ4v) is 2.73. The van der Waals surface area contributed by atoms with Crippen LogP contribution >= 0.6 is 0 Å². The van der Waals surface area contributed by atoms with E-state index in [9.17, 15) is 4.79 Å². The SMILES string of the molecule is CN(C)C(CNC(=O)CC1CCCCO1)c1ccccc1. The summed E-state index contributed by atoms with van der Waals surface area (Å²) in [5, 5.41) is 3.05. The molecule has 1 N–H and O–H groups in total. The lowest BCUT2D eigenvalue weighted by atomic mass is 10.0. The maximum Gasteiger partial charge on any atom is 0.222 e. The number of rotatable bonds is 6. The van der Waals surface area contributed by atoms with Gasteiger partial charge in [0.25, 0.3) is 0 Å². The Morgan fingerprint density at radius 1 is 1.33 bits per heavy atom. The minimum atomic E-state index is 0.0877. The molecule has 1 aliphatic heterocycles. The lowest BCUT2D eigenvalue weighted by Gasteiger charge is -2.26. The van der Waals surface area contributed by atoms with Gasteiger partial charge in [0.15, 0.2) is 0 Å². The van der Waals surface area contributed by atoms with Gasteiger partial charge in [-0.2, -0.15) is 0 Å². The van der Waals surface area contributed by atoms with E-state index in [0.717, 1.165) is 19.4 Å². The Hall–Kier alpha value is -1.39. The lowest BCUT2D eigenvalue weighted by Crippen LogP contribution is -2.36. The molecule has 0 aliphatic carbocycles. The number of benzene rings is 1. The molecule has 2 unspecified atom stereocenters. The summed E-state index contributed by atoms with van der Waals surface area (Å²) >= 11 is 0. The van der Waals surface area contributed by atoms with Gasteiger partial charge in [-0.05, 0) is 38.9 Å². The first-order valence-electron chi connectivity index (χ1n) is 7.76. The van der Waals surface area contributed by atoms with Crippen LogP contribution in [0.1, 0.15) is 37.3 Å². The number of nitrogens with zero attached hydrogens (tertiary/aromatic N) is 1. The topological polar surface area (TPSA) is 41.6 Å². The summed E-state index contributed by atoms with van der Waals surface area (Å²) in [6.45, 7) is 1.42. The predicted octanol–water partition coefficient (Wildman–Crippen LogP) is 2.36. The van der Waals surface area contributed by atoms with E-state index < -0.39 is 0 Å². The van der Waals surface area contributed by atoms with Crippen molar-refractivity contribution in [2.24, 2.45) is 0 Å².